The van der Waals surface area contributed by atoms with E-state index in [0.717, 1.165) is 0 Å². The molecular weight excluding hydrogens is 299 g/mol. The fourth-order valence-corrected chi connectivity index (χ4v) is 2.48. The molecule has 102 valence electrons. The van der Waals surface area contributed by atoms with Crippen LogP contribution in [0, 0.1) is 0 Å². The number of aromatic amines is 1. The molecule has 0 saturated heterocycles. The molecule has 1 N–H and O–H groups in total. The molecule has 1 aromatic heterocycles. The average molecular weight is 309 g/mol. The third-order valence-electron chi connectivity index (χ3n) is 3.05. The maximum atomic E-state index is 12.2. The van der Waals surface area contributed by atoms with Gasteiger partial charge in [-0.15, -0.1) is 0 Å². The molecule has 0 aliphatic rings. The summed E-state index contributed by atoms with van der Waals surface area (Å²) in [6.45, 7) is 0. The van der Waals surface area contributed by atoms with Gasteiger partial charge >= 0.3 is 5.69 Å². The maximum Gasteiger partial charge on any atom is 0.331 e. The third kappa shape index (κ3) is 1.97. The summed E-state index contributed by atoms with van der Waals surface area (Å²) < 4.78 is 6.80. The van der Waals surface area contributed by atoms with Crippen molar-refractivity contribution in [3.63, 3.8) is 0 Å². The van der Waals surface area contributed by atoms with E-state index in [1.54, 1.807) is 31.4 Å². The first kappa shape index (κ1) is 13.1. The predicted molar refractivity (Wildman–Crippen MR) is 80.5 cm³/mol. The van der Waals surface area contributed by atoms with E-state index in [1.165, 1.54) is 4.57 Å². The Morgan fingerprint density at radius 3 is 2.60 bits per heavy atom. The Hall–Kier alpha value is -1.91. The Kier molecular flexibility index (Phi) is 3.20. The molecule has 4 nitrogen and oxygen atoms in total. The third-order valence-corrected chi connectivity index (χ3v) is 3.77. The van der Waals surface area contributed by atoms with E-state index >= 15 is 0 Å². The van der Waals surface area contributed by atoms with Crippen molar-refractivity contribution in [2.45, 2.75) is 0 Å². The van der Waals surface area contributed by atoms with Crippen molar-refractivity contribution in [2.75, 3.05) is 7.11 Å². The summed E-state index contributed by atoms with van der Waals surface area (Å²) in [7, 11) is 1.56. The number of imidazole rings is 1. The molecule has 6 heteroatoms. The van der Waals surface area contributed by atoms with Crippen molar-refractivity contribution in [1.29, 1.82) is 0 Å². The minimum absolute atomic E-state index is 0.275. The van der Waals surface area contributed by atoms with E-state index in [0.29, 0.717) is 32.5 Å². The SMILES string of the molecule is COc1ccccc1-n1c(=O)[nH]c2cc(Cl)c(Cl)cc21. The number of fused-ring (bicyclic) bond motifs is 1. The van der Waals surface area contributed by atoms with E-state index in [-0.39, 0.29) is 5.69 Å². The lowest BCUT2D eigenvalue weighted by molar-refractivity contribution is 0.413. The Balaban J connectivity index is 2.39. The number of hydrogen-bond acceptors (Lipinski definition) is 2. The first-order chi connectivity index (χ1) is 9.61. The van der Waals surface area contributed by atoms with Crippen LogP contribution < -0.4 is 10.4 Å². The maximum absolute atomic E-state index is 12.2. The first-order valence-corrected chi connectivity index (χ1v) is 6.60. The highest BCUT2D eigenvalue weighted by atomic mass is 35.5. The monoisotopic (exact) mass is 308 g/mol. The van der Waals surface area contributed by atoms with Crippen LogP contribution in [0.4, 0.5) is 0 Å². The van der Waals surface area contributed by atoms with Crippen molar-refractivity contribution >= 4 is 34.2 Å². The number of hydrogen-bond donors (Lipinski definition) is 1. The number of benzene rings is 2. The number of rotatable bonds is 2. The highest BCUT2D eigenvalue weighted by Gasteiger charge is 2.14. The Bertz CT molecular complexity index is 852. The summed E-state index contributed by atoms with van der Waals surface area (Å²) in [6, 6.07) is 10.6. The molecular formula is C14H10Cl2N2O2. The fourth-order valence-electron chi connectivity index (χ4n) is 2.16. The summed E-state index contributed by atoms with van der Waals surface area (Å²) in [5.74, 6) is 0.599. The van der Waals surface area contributed by atoms with Gasteiger partial charge in [0.05, 0.1) is 33.9 Å². The van der Waals surface area contributed by atoms with Gasteiger partial charge in [0.1, 0.15) is 5.75 Å². The lowest BCUT2D eigenvalue weighted by atomic mass is 10.2. The number of para-hydroxylation sites is 2. The molecule has 1 heterocycles. The molecule has 20 heavy (non-hydrogen) atoms. The molecule has 0 saturated carbocycles. The largest absolute Gasteiger partial charge is 0.495 e. The van der Waals surface area contributed by atoms with Crippen molar-refractivity contribution < 1.29 is 4.74 Å². The molecule has 3 rings (SSSR count). The molecule has 0 unspecified atom stereocenters. The van der Waals surface area contributed by atoms with Gasteiger partial charge in [0.25, 0.3) is 0 Å². The van der Waals surface area contributed by atoms with E-state index in [1.807, 2.05) is 12.1 Å². The number of ether oxygens (including phenoxy) is 1. The van der Waals surface area contributed by atoms with Gasteiger partial charge in [0, 0.05) is 0 Å². The standard InChI is InChI=1S/C14H10Cl2N2O2/c1-20-13-5-3-2-4-11(13)18-12-7-9(16)8(15)6-10(12)17-14(18)19/h2-7H,1H3,(H,17,19). The minimum Gasteiger partial charge on any atom is -0.495 e. The van der Waals surface area contributed by atoms with E-state index in [9.17, 15) is 4.79 Å². The molecule has 0 amide bonds. The number of nitrogens with one attached hydrogen (secondary N) is 1. The summed E-state index contributed by atoms with van der Waals surface area (Å²) in [5.41, 5.74) is 1.64. The Morgan fingerprint density at radius 2 is 1.85 bits per heavy atom. The molecule has 0 atom stereocenters. The van der Waals surface area contributed by atoms with Crippen LogP contribution >= 0.6 is 23.2 Å². The molecule has 0 radical (unpaired) electrons. The molecule has 0 aliphatic carbocycles. The summed E-state index contributed by atoms with van der Waals surface area (Å²) in [4.78, 5) is 14.9. The van der Waals surface area contributed by atoms with Crippen LogP contribution in [0.1, 0.15) is 0 Å². The molecule has 0 bridgehead atoms. The topological polar surface area (TPSA) is 47.0 Å². The van der Waals surface area contributed by atoms with Crippen molar-refractivity contribution in [3.8, 4) is 11.4 Å². The van der Waals surface area contributed by atoms with Gasteiger partial charge in [0.15, 0.2) is 0 Å². The zero-order valence-corrected chi connectivity index (χ0v) is 12.0. The van der Waals surface area contributed by atoms with Gasteiger partial charge in [0.2, 0.25) is 0 Å². The minimum atomic E-state index is -0.275. The second kappa shape index (κ2) is 4.89. The lowest BCUT2D eigenvalue weighted by Crippen LogP contribution is -2.15. The average Bonchev–Trinajstić information content (AvgIpc) is 2.74. The zero-order chi connectivity index (χ0) is 14.3. The number of aromatic nitrogens is 2. The fraction of sp³-hybridized carbons (Fsp3) is 0.0714. The van der Waals surface area contributed by atoms with Crippen LogP contribution in [-0.2, 0) is 0 Å². The van der Waals surface area contributed by atoms with Gasteiger partial charge in [-0.05, 0) is 24.3 Å². The molecule has 0 fully saturated rings. The van der Waals surface area contributed by atoms with Crippen LogP contribution in [-0.4, -0.2) is 16.7 Å². The lowest BCUT2D eigenvalue weighted by Gasteiger charge is -2.09. The second-order valence-electron chi connectivity index (χ2n) is 4.22. The van der Waals surface area contributed by atoms with Crippen LogP contribution in [0.2, 0.25) is 10.0 Å². The van der Waals surface area contributed by atoms with Gasteiger partial charge in [-0.1, -0.05) is 35.3 Å². The normalized spacial score (nSPS) is 10.9. The number of nitrogens with zero attached hydrogens (tertiary/aromatic N) is 1. The summed E-state index contributed by atoms with van der Waals surface area (Å²) in [6.07, 6.45) is 0. The molecule has 3 aromatic rings. The van der Waals surface area contributed by atoms with Crippen LogP contribution in [0.5, 0.6) is 5.75 Å². The van der Waals surface area contributed by atoms with E-state index in [4.69, 9.17) is 27.9 Å². The molecule has 0 spiro atoms. The van der Waals surface area contributed by atoms with Crippen molar-refractivity contribution in [3.05, 3.63) is 56.9 Å². The highest BCUT2D eigenvalue weighted by molar-refractivity contribution is 6.42. The number of methoxy groups -OCH3 is 1. The smallest absolute Gasteiger partial charge is 0.331 e. The van der Waals surface area contributed by atoms with Crippen molar-refractivity contribution in [1.82, 2.24) is 9.55 Å². The Morgan fingerprint density at radius 1 is 1.15 bits per heavy atom. The molecule has 0 aliphatic heterocycles. The van der Waals surface area contributed by atoms with Gasteiger partial charge in [-0.25, -0.2) is 4.79 Å². The number of H-pyrrole nitrogens is 1. The predicted octanol–water partition coefficient (Wildman–Crippen LogP) is 3.63. The van der Waals surface area contributed by atoms with Gasteiger partial charge < -0.3 is 9.72 Å². The summed E-state index contributed by atoms with van der Waals surface area (Å²) in [5, 5.41) is 0.786. The summed E-state index contributed by atoms with van der Waals surface area (Å²) >= 11 is 12.0. The van der Waals surface area contributed by atoms with Gasteiger partial charge in [-0.3, -0.25) is 4.57 Å². The Labute approximate surface area is 124 Å². The van der Waals surface area contributed by atoms with Gasteiger partial charge in [-0.2, -0.15) is 0 Å². The molecule has 2 aromatic carbocycles. The number of halogens is 2. The highest BCUT2D eigenvalue weighted by Crippen LogP contribution is 2.29. The zero-order valence-electron chi connectivity index (χ0n) is 10.5. The first-order valence-electron chi connectivity index (χ1n) is 5.85. The van der Waals surface area contributed by atoms with Crippen LogP contribution in [0.3, 0.4) is 0 Å². The van der Waals surface area contributed by atoms with Crippen molar-refractivity contribution in [2.24, 2.45) is 0 Å². The second-order valence-corrected chi connectivity index (χ2v) is 5.04. The quantitative estimate of drug-likeness (QED) is 0.785. The van der Waals surface area contributed by atoms with E-state index < -0.39 is 0 Å². The van der Waals surface area contributed by atoms with Crippen LogP contribution in [0.15, 0.2) is 41.2 Å². The van der Waals surface area contributed by atoms with Crippen LogP contribution in [0.25, 0.3) is 16.7 Å². The van der Waals surface area contributed by atoms with E-state index in [2.05, 4.69) is 4.98 Å².